The van der Waals surface area contributed by atoms with E-state index < -0.39 is 0 Å². The lowest BCUT2D eigenvalue weighted by molar-refractivity contribution is 0.280. The molecule has 1 heterocycles. The van der Waals surface area contributed by atoms with E-state index in [-0.39, 0.29) is 0 Å². The van der Waals surface area contributed by atoms with Crippen molar-refractivity contribution in [1.82, 2.24) is 15.5 Å². The molecule has 1 aliphatic rings. The van der Waals surface area contributed by atoms with Crippen molar-refractivity contribution in [2.24, 2.45) is 5.41 Å². The quantitative estimate of drug-likeness (QED) is 0.874. The molecule has 1 N–H and O–H groups in total. The Labute approximate surface area is 110 Å². The van der Waals surface area contributed by atoms with Gasteiger partial charge in [0.1, 0.15) is 0 Å². The van der Waals surface area contributed by atoms with E-state index in [0.717, 1.165) is 24.7 Å². The molecule has 0 aliphatic heterocycles. The molecule has 1 aliphatic carbocycles. The first-order valence-corrected chi connectivity index (χ1v) is 7.05. The lowest BCUT2D eigenvalue weighted by atomic mass is 9.82. The Morgan fingerprint density at radius 1 is 1.39 bits per heavy atom. The van der Waals surface area contributed by atoms with Gasteiger partial charge < -0.3 is 9.73 Å². The molecule has 4 nitrogen and oxygen atoms in total. The van der Waals surface area contributed by atoms with E-state index >= 15 is 0 Å². The zero-order valence-corrected chi connectivity index (χ0v) is 12.0. The van der Waals surface area contributed by atoms with Gasteiger partial charge in [0.05, 0.1) is 0 Å². The fourth-order valence-electron chi connectivity index (χ4n) is 2.76. The van der Waals surface area contributed by atoms with Gasteiger partial charge in [0.25, 0.3) is 0 Å². The molecule has 4 heteroatoms. The van der Waals surface area contributed by atoms with Crippen LogP contribution in [0, 0.1) is 5.41 Å². The number of hydrogen-bond acceptors (Lipinski definition) is 4. The van der Waals surface area contributed by atoms with Crippen molar-refractivity contribution >= 4 is 0 Å². The van der Waals surface area contributed by atoms with E-state index in [0.29, 0.717) is 17.4 Å². The van der Waals surface area contributed by atoms with E-state index in [1.165, 1.54) is 19.3 Å². The van der Waals surface area contributed by atoms with Crippen molar-refractivity contribution in [1.29, 1.82) is 0 Å². The molecule has 1 unspecified atom stereocenters. The van der Waals surface area contributed by atoms with Crippen LogP contribution in [0.25, 0.3) is 0 Å². The van der Waals surface area contributed by atoms with Gasteiger partial charge in [-0.15, -0.1) is 10.2 Å². The van der Waals surface area contributed by atoms with Gasteiger partial charge in [0, 0.05) is 24.9 Å². The number of hydrogen-bond donors (Lipinski definition) is 1. The fraction of sp³-hybridized carbons (Fsp3) is 0.857. The zero-order valence-electron chi connectivity index (χ0n) is 12.0. The van der Waals surface area contributed by atoms with Crippen LogP contribution in [-0.2, 0) is 6.42 Å². The first-order chi connectivity index (χ1) is 8.49. The van der Waals surface area contributed by atoms with Crippen LogP contribution in [0.3, 0.4) is 0 Å². The molecule has 0 aromatic carbocycles. The average molecular weight is 251 g/mol. The minimum Gasteiger partial charge on any atom is -0.425 e. The third kappa shape index (κ3) is 3.10. The normalized spacial score (nSPS) is 22.8. The molecule has 102 valence electrons. The Morgan fingerprint density at radius 3 is 2.78 bits per heavy atom. The first-order valence-electron chi connectivity index (χ1n) is 7.05. The standard InChI is InChI=1S/C14H25N3O/c1-10(2)15-9-7-12-16-17-13(18-12)11-6-5-8-14(11,3)4/h10-11,15H,5-9H2,1-4H3. The summed E-state index contributed by atoms with van der Waals surface area (Å²) in [6, 6.07) is 0.501. The fourth-order valence-corrected chi connectivity index (χ4v) is 2.76. The Balaban J connectivity index is 1.94. The van der Waals surface area contributed by atoms with E-state index in [1.807, 2.05) is 0 Å². The van der Waals surface area contributed by atoms with Gasteiger partial charge in [0.2, 0.25) is 11.8 Å². The summed E-state index contributed by atoms with van der Waals surface area (Å²) in [6.07, 6.45) is 4.52. The second-order valence-corrected chi connectivity index (χ2v) is 6.33. The summed E-state index contributed by atoms with van der Waals surface area (Å²) < 4.78 is 5.82. The minimum atomic E-state index is 0.306. The Kier molecular flexibility index (Phi) is 4.05. The molecule has 2 rings (SSSR count). The van der Waals surface area contributed by atoms with E-state index in [4.69, 9.17) is 4.42 Å². The van der Waals surface area contributed by atoms with Gasteiger partial charge in [-0.25, -0.2) is 0 Å². The molecule has 1 fully saturated rings. The summed E-state index contributed by atoms with van der Waals surface area (Å²) in [5.74, 6) is 2.05. The molecule has 0 radical (unpaired) electrons. The molecule has 1 atom stereocenters. The number of rotatable bonds is 5. The average Bonchev–Trinajstić information content (AvgIpc) is 2.83. The van der Waals surface area contributed by atoms with Crippen LogP contribution in [0.4, 0.5) is 0 Å². The number of nitrogens with zero attached hydrogens (tertiary/aromatic N) is 2. The highest BCUT2D eigenvalue weighted by molar-refractivity contribution is 5.02. The third-order valence-electron chi connectivity index (χ3n) is 3.93. The number of nitrogens with one attached hydrogen (secondary N) is 1. The molecule has 0 amide bonds. The van der Waals surface area contributed by atoms with Gasteiger partial charge in [-0.1, -0.05) is 34.1 Å². The smallest absolute Gasteiger partial charge is 0.220 e. The SMILES string of the molecule is CC(C)NCCc1nnc(C2CCCC2(C)C)o1. The van der Waals surface area contributed by atoms with E-state index in [9.17, 15) is 0 Å². The second-order valence-electron chi connectivity index (χ2n) is 6.33. The highest BCUT2D eigenvalue weighted by Crippen LogP contribution is 2.48. The summed E-state index contributed by atoms with van der Waals surface area (Å²) in [6.45, 7) is 9.78. The third-order valence-corrected chi connectivity index (χ3v) is 3.93. The van der Waals surface area contributed by atoms with Crippen LogP contribution < -0.4 is 5.32 Å². The topological polar surface area (TPSA) is 51.0 Å². The molecule has 0 bridgehead atoms. The van der Waals surface area contributed by atoms with Crippen molar-refractivity contribution < 1.29 is 4.42 Å². The van der Waals surface area contributed by atoms with Crippen molar-refractivity contribution in [3.05, 3.63) is 11.8 Å². The van der Waals surface area contributed by atoms with Crippen LogP contribution in [0.1, 0.15) is 64.7 Å². The van der Waals surface area contributed by atoms with Gasteiger partial charge in [0.15, 0.2) is 0 Å². The lowest BCUT2D eigenvalue weighted by Gasteiger charge is -2.23. The highest BCUT2D eigenvalue weighted by atomic mass is 16.4. The van der Waals surface area contributed by atoms with Crippen LogP contribution in [0.15, 0.2) is 4.42 Å². The first kappa shape index (κ1) is 13.5. The maximum Gasteiger partial charge on any atom is 0.220 e. The molecule has 0 spiro atoms. The predicted octanol–water partition coefficient (Wildman–Crippen LogP) is 2.90. The Bertz CT molecular complexity index is 384. The lowest BCUT2D eigenvalue weighted by Crippen LogP contribution is -2.25. The monoisotopic (exact) mass is 251 g/mol. The summed E-state index contributed by atoms with van der Waals surface area (Å²) in [4.78, 5) is 0. The molecule has 0 saturated heterocycles. The van der Waals surface area contributed by atoms with Crippen molar-refractivity contribution in [3.8, 4) is 0 Å². The largest absolute Gasteiger partial charge is 0.425 e. The molecular weight excluding hydrogens is 226 g/mol. The van der Waals surface area contributed by atoms with Crippen molar-refractivity contribution in [2.45, 2.75) is 65.3 Å². The number of aromatic nitrogens is 2. The summed E-state index contributed by atoms with van der Waals surface area (Å²) >= 11 is 0. The summed E-state index contributed by atoms with van der Waals surface area (Å²) in [5, 5.41) is 11.8. The molecular formula is C14H25N3O. The molecule has 1 aromatic heterocycles. The van der Waals surface area contributed by atoms with Gasteiger partial charge in [-0.05, 0) is 18.3 Å². The maximum absolute atomic E-state index is 5.82. The summed E-state index contributed by atoms with van der Waals surface area (Å²) in [5.41, 5.74) is 0.306. The molecule has 1 aromatic rings. The summed E-state index contributed by atoms with van der Waals surface area (Å²) in [7, 11) is 0. The Morgan fingerprint density at radius 2 is 2.17 bits per heavy atom. The van der Waals surface area contributed by atoms with Gasteiger partial charge >= 0.3 is 0 Å². The van der Waals surface area contributed by atoms with Gasteiger partial charge in [-0.2, -0.15) is 0 Å². The van der Waals surface area contributed by atoms with Crippen LogP contribution in [0.2, 0.25) is 0 Å². The molecule has 1 saturated carbocycles. The minimum absolute atomic E-state index is 0.306. The van der Waals surface area contributed by atoms with Crippen molar-refractivity contribution in [2.75, 3.05) is 6.54 Å². The Hall–Kier alpha value is -0.900. The van der Waals surface area contributed by atoms with Gasteiger partial charge in [-0.3, -0.25) is 0 Å². The maximum atomic E-state index is 5.82. The van der Waals surface area contributed by atoms with Crippen molar-refractivity contribution in [3.63, 3.8) is 0 Å². The second kappa shape index (κ2) is 5.39. The van der Waals surface area contributed by atoms with Crippen LogP contribution in [0.5, 0.6) is 0 Å². The van der Waals surface area contributed by atoms with E-state index in [1.54, 1.807) is 0 Å². The van der Waals surface area contributed by atoms with E-state index in [2.05, 4.69) is 43.2 Å². The van der Waals surface area contributed by atoms with Crippen LogP contribution >= 0.6 is 0 Å². The predicted molar refractivity (Wildman–Crippen MR) is 71.5 cm³/mol. The molecule has 18 heavy (non-hydrogen) atoms. The zero-order chi connectivity index (χ0) is 13.2. The highest BCUT2D eigenvalue weighted by Gasteiger charge is 2.38. The van der Waals surface area contributed by atoms with Crippen LogP contribution in [-0.4, -0.2) is 22.8 Å².